The van der Waals surface area contributed by atoms with E-state index in [1.807, 2.05) is 0 Å². The predicted octanol–water partition coefficient (Wildman–Crippen LogP) is 0.291. The van der Waals surface area contributed by atoms with Gasteiger partial charge in [0.2, 0.25) is 11.9 Å². The van der Waals surface area contributed by atoms with E-state index in [1.165, 1.54) is 0 Å². The molecule has 0 spiro atoms. The molecule has 76 valence electrons. The van der Waals surface area contributed by atoms with Crippen LogP contribution in [0.15, 0.2) is 12.4 Å². The Balaban J connectivity index is 2.51. The number of primary amides is 1. The Morgan fingerprint density at radius 1 is 1.64 bits per heavy atom. The molecule has 1 amide bonds. The molecule has 6 heteroatoms. The minimum Gasteiger partial charge on any atom is -0.370 e. The number of anilines is 1. The van der Waals surface area contributed by atoms with Gasteiger partial charge in [-0.1, -0.05) is 0 Å². The largest absolute Gasteiger partial charge is 0.370 e. The zero-order valence-electron chi connectivity index (χ0n) is 7.70. The zero-order valence-corrected chi connectivity index (χ0v) is 7.70. The highest BCUT2D eigenvalue weighted by Gasteiger charge is 2.06. The Morgan fingerprint density at radius 2 is 2.21 bits per heavy atom. The maximum atomic E-state index is 12.4. The van der Waals surface area contributed by atoms with Crippen LogP contribution in [-0.4, -0.2) is 21.9 Å². The fraction of sp³-hybridized carbons (Fsp3) is 0.375. The monoisotopic (exact) mass is 198 g/mol. The average molecular weight is 198 g/mol. The van der Waals surface area contributed by atoms with Crippen molar-refractivity contribution in [2.75, 3.05) is 5.32 Å². The molecule has 1 aromatic rings. The van der Waals surface area contributed by atoms with E-state index in [0.29, 0.717) is 0 Å². The van der Waals surface area contributed by atoms with Gasteiger partial charge in [-0.15, -0.1) is 0 Å². The molecule has 0 saturated carbocycles. The smallest absolute Gasteiger partial charge is 0.222 e. The lowest BCUT2D eigenvalue weighted by atomic mass is 10.2. The van der Waals surface area contributed by atoms with Crippen LogP contribution in [0, 0.1) is 5.82 Å². The summed E-state index contributed by atoms with van der Waals surface area (Å²) in [6, 6.07) is -0.169. The van der Waals surface area contributed by atoms with Crippen molar-refractivity contribution in [3.05, 3.63) is 18.2 Å². The Kier molecular flexibility index (Phi) is 3.33. The van der Waals surface area contributed by atoms with Crippen LogP contribution < -0.4 is 11.1 Å². The number of carbonyl (C=O) groups is 1. The van der Waals surface area contributed by atoms with Crippen molar-refractivity contribution < 1.29 is 9.18 Å². The summed E-state index contributed by atoms with van der Waals surface area (Å²) < 4.78 is 12.4. The molecule has 0 aliphatic heterocycles. The molecule has 1 heterocycles. The summed E-state index contributed by atoms with van der Waals surface area (Å²) in [7, 11) is 0. The van der Waals surface area contributed by atoms with Crippen molar-refractivity contribution in [2.24, 2.45) is 5.73 Å². The third kappa shape index (κ3) is 3.34. The van der Waals surface area contributed by atoms with Gasteiger partial charge in [-0.3, -0.25) is 4.79 Å². The summed E-state index contributed by atoms with van der Waals surface area (Å²) in [5.74, 6) is -0.634. The summed E-state index contributed by atoms with van der Waals surface area (Å²) in [5, 5.41) is 2.81. The fourth-order valence-corrected chi connectivity index (χ4v) is 0.960. The van der Waals surface area contributed by atoms with Crippen LogP contribution in [0.25, 0.3) is 0 Å². The topological polar surface area (TPSA) is 80.9 Å². The lowest BCUT2D eigenvalue weighted by Gasteiger charge is -2.10. The first kappa shape index (κ1) is 10.4. The molecule has 0 radical (unpaired) electrons. The van der Waals surface area contributed by atoms with E-state index >= 15 is 0 Å². The minimum atomic E-state index is -0.502. The Morgan fingerprint density at radius 3 is 2.71 bits per heavy atom. The number of halogens is 1. The number of rotatable bonds is 4. The molecule has 5 nitrogen and oxygen atoms in total. The van der Waals surface area contributed by atoms with E-state index < -0.39 is 11.7 Å². The number of hydrogen-bond acceptors (Lipinski definition) is 4. The number of carbonyl (C=O) groups excluding carboxylic acids is 1. The van der Waals surface area contributed by atoms with Crippen LogP contribution in [0.1, 0.15) is 13.3 Å². The van der Waals surface area contributed by atoms with E-state index in [1.54, 1.807) is 6.92 Å². The third-order valence-electron chi connectivity index (χ3n) is 1.50. The Hall–Kier alpha value is -1.72. The van der Waals surface area contributed by atoms with Crippen LogP contribution in [0.5, 0.6) is 0 Å². The first-order valence-electron chi connectivity index (χ1n) is 4.10. The average Bonchev–Trinajstić information content (AvgIpc) is 2.07. The molecule has 0 bridgehead atoms. The molecule has 1 rings (SSSR count). The van der Waals surface area contributed by atoms with Gasteiger partial charge in [0, 0.05) is 12.5 Å². The first-order chi connectivity index (χ1) is 6.58. The highest BCUT2D eigenvalue weighted by atomic mass is 19.1. The zero-order chi connectivity index (χ0) is 10.6. The van der Waals surface area contributed by atoms with E-state index in [0.717, 1.165) is 12.4 Å². The molecule has 3 N–H and O–H groups in total. The Bertz CT molecular complexity index is 314. The standard InChI is InChI=1S/C8H11FN4O/c1-5(2-7(10)14)13-8-11-3-6(9)4-12-8/h3-5H,2H2,1H3,(H2,10,14)(H,11,12,13). The number of aromatic nitrogens is 2. The van der Waals surface area contributed by atoms with Crippen molar-refractivity contribution in [1.82, 2.24) is 9.97 Å². The quantitative estimate of drug-likeness (QED) is 0.728. The van der Waals surface area contributed by atoms with Gasteiger partial charge in [0.05, 0.1) is 12.4 Å². The number of amides is 1. The first-order valence-corrected chi connectivity index (χ1v) is 4.10. The van der Waals surface area contributed by atoms with Crippen molar-refractivity contribution in [3.8, 4) is 0 Å². The van der Waals surface area contributed by atoms with Gasteiger partial charge in [-0.05, 0) is 6.92 Å². The second-order valence-electron chi connectivity index (χ2n) is 2.94. The number of nitrogens with two attached hydrogens (primary N) is 1. The molecule has 0 saturated heterocycles. The lowest BCUT2D eigenvalue weighted by Crippen LogP contribution is -2.24. The molecular formula is C8H11FN4O. The molecule has 0 aromatic carbocycles. The highest BCUT2D eigenvalue weighted by molar-refractivity contribution is 5.74. The second kappa shape index (κ2) is 4.50. The van der Waals surface area contributed by atoms with Gasteiger partial charge < -0.3 is 11.1 Å². The van der Waals surface area contributed by atoms with Crippen LogP contribution in [0.3, 0.4) is 0 Å². The van der Waals surface area contributed by atoms with Gasteiger partial charge >= 0.3 is 0 Å². The molecule has 14 heavy (non-hydrogen) atoms. The second-order valence-corrected chi connectivity index (χ2v) is 2.94. The Labute approximate surface area is 80.5 Å². The predicted molar refractivity (Wildman–Crippen MR) is 48.9 cm³/mol. The van der Waals surface area contributed by atoms with Crippen LogP contribution in [0.4, 0.5) is 10.3 Å². The molecule has 1 aromatic heterocycles. The van der Waals surface area contributed by atoms with Crippen LogP contribution >= 0.6 is 0 Å². The third-order valence-corrected chi connectivity index (χ3v) is 1.50. The van der Waals surface area contributed by atoms with Gasteiger partial charge in [-0.25, -0.2) is 14.4 Å². The van der Waals surface area contributed by atoms with E-state index in [4.69, 9.17) is 5.73 Å². The number of nitrogens with zero attached hydrogens (tertiary/aromatic N) is 2. The molecule has 0 aliphatic carbocycles. The summed E-state index contributed by atoms with van der Waals surface area (Å²) in [4.78, 5) is 17.9. The maximum Gasteiger partial charge on any atom is 0.222 e. The summed E-state index contributed by atoms with van der Waals surface area (Å²) >= 11 is 0. The summed E-state index contributed by atoms with van der Waals surface area (Å²) in [5.41, 5.74) is 4.99. The summed E-state index contributed by atoms with van der Waals surface area (Å²) in [6.07, 6.45) is 2.28. The van der Waals surface area contributed by atoms with Crippen LogP contribution in [0.2, 0.25) is 0 Å². The maximum absolute atomic E-state index is 12.4. The van der Waals surface area contributed by atoms with Crippen molar-refractivity contribution in [2.45, 2.75) is 19.4 Å². The number of hydrogen-bond donors (Lipinski definition) is 2. The van der Waals surface area contributed by atoms with Crippen molar-refractivity contribution >= 4 is 11.9 Å². The fourth-order valence-electron chi connectivity index (χ4n) is 0.960. The van der Waals surface area contributed by atoms with Crippen LogP contribution in [-0.2, 0) is 4.79 Å². The molecule has 0 fully saturated rings. The van der Waals surface area contributed by atoms with Gasteiger partial charge in [0.15, 0.2) is 5.82 Å². The SMILES string of the molecule is CC(CC(N)=O)Nc1ncc(F)cn1. The molecular weight excluding hydrogens is 187 g/mol. The van der Waals surface area contributed by atoms with Gasteiger partial charge in [0.1, 0.15) is 0 Å². The van der Waals surface area contributed by atoms with Gasteiger partial charge in [-0.2, -0.15) is 0 Å². The molecule has 1 unspecified atom stereocenters. The minimum absolute atomic E-state index is 0.169. The van der Waals surface area contributed by atoms with E-state index in [2.05, 4.69) is 15.3 Å². The van der Waals surface area contributed by atoms with Gasteiger partial charge in [0.25, 0.3) is 0 Å². The lowest BCUT2D eigenvalue weighted by molar-refractivity contribution is -0.118. The van der Waals surface area contributed by atoms with Crippen molar-refractivity contribution in [3.63, 3.8) is 0 Å². The normalized spacial score (nSPS) is 12.1. The van der Waals surface area contributed by atoms with Crippen molar-refractivity contribution in [1.29, 1.82) is 0 Å². The van der Waals surface area contributed by atoms with E-state index in [9.17, 15) is 9.18 Å². The molecule has 1 atom stereocenters. The summed E-state index contributed by atoms with van der Waals surface area (Å²) in [6.45, 7) is 1.76. The molecule has 0 aliphatic rings. The number of nitrogens with one attached hydrogen (secondary N) is 1. The van der Waals surface area contributed by atoms with E-state index in [-0.39, 0.29) is 18.4 Å². The highest BCUT2D eigenvalue weighted by Crippen LogP contribution is 2.02.